The van der Waals surface area contributed by atoms with Crippen LogP contribution in [0, 0.1) is 0 Å². The van der Waals surface area contributed by atoms with E-state index < -0.39 is 11.6 Å². The Morgan fingerprint density at radius 2 is 1.43 bits per heavy atom. The number of piperidine rings is 1. The zero-order valence-electron chi connectivity index (χ0n) is 24.4. The average molecular weight is 563 g/mol. The third-order valence-corrected chi connectivity index (χ3v) is 9.34. The van der Waals surface area contributed by atoms with Crippen LogP contribution in [0.25, 0.3) is 10.9 Å². The molecule has 1 aromatic heterocycles. The predicted octanol–water partition coefficient (Wildman–Crippen LogP) is 5.53. The number of nitrogens with one attached hydrogen (secondary N) is 2. The van der Waals surface area contributed by atoms with Crippen molar-refractivity contribution in [2.45, 2.75) is 62.9 Å². The molecule has 6 nitrogen and oxygen atoms in total. The molecule has 1 atom stereocenters. The predicted molar refractivity (Wildman–Crippen MR) is 168 cm³/mol. The van der Waals surface area contributed by atoms with Crippen molar-refractivity contribution in [1.29, 1.82) is 0 Å². The third kappa shape index (κ3) is 6.14. The number of hydrogen-bond acceptors (Lipinski definition) is 3. The average Bonchev–Trinajstić information content (AvgIpc) is 3.44. The number of nitrogens with zero attached hydrogens (tertiary/aromatic N) is 2. The van der Waals surface area contributed by atoms with Crippen LogP contribution < -0.4 is 5.32 Å². The summed E-state index contributed by atoms with van der Waals surface area (Å²) in [7, 11) is 0. The van der Waals surface area contributed by atoms with Crippen molar-refractivity contribution in [1.82, 2.24) is 20.1 Å². The van der Waals surface area contributed by atoms with Crippen molar-refractivity contribution in [3.8, 4) is 0 Å². The first-order valence-electron chi connectivity index (χ1n) is 15.6. The number of carbonyl (C=O) groups is 2. The number of unbranched alkanes of at least 4 members (excludes halogenated alkanes) is 2. The fourth-order valence-electron chi connectivity index (χ4n) is 6.89. The molecule has 0 radical (unpaired) electrons. The number of rotatable bonds is 11. The number of hydrogen-bond donors (Lipinski definition) is 2. The minimum absolute atomic E-state index is 0.0180. The van der Waals surface area contributed by atoms with E-state index in [1.165, 1.54) is 29.4 Å². The summed E-state index contributed by atoms with van der Waals surface area (Å²) >= 11 is 0. The Hall–Kier alpha value is -3.90. The number of carbonyl (C=O) groups excluding carboxylic acids is 2. The van der Waals surface area contributed by atoms with E-state index in [9.17, 15) is 9.59 Å². The van der Waals surface area contributed by atoms with Crippen molar-refractivity contribution in [2.24, 2.45) is 0 Å². The number of para-hydroxylation sites is 1. The molecular formula is C36H42N4O2. The zero-order valence-corrected chi connectivity index (χ0v) is 24.4. The van der Waals surface area contributed by atoms with Crippen LogP contribution in [0.15, 0.2) is 91.1 Å². The summed E-state index contributed by atoms with van der Waals surface area (Å²) in [5.41, 5.74) is 3.98. The fraction of sp³-hybridized carbons (Fsp3) is 0.389. The Bertz CT molecular complexity index is 1470. The SMILES string of the molecule is O=C1C(Cc2ccccc2)NC(=O)C2(CCN(CCCCCc3ccccc3)CC2)N1CCc1c[nH]c2ccccc12. The van der Waals surface area contributed by atoms with E-state index in [2.05, 4.69) is 57.7 Å². The number of amides is 2. The van der Waals surface area contributed by atoms with Gasteiger partial charge in [-0.05, 0) is 67.8 Å². The minimum Gasteiger partial charge on any atom is -0.361 e. The van der Waals surface area contributed by atoms with Crippen LogP contribution in [0.1, 0.15) is 48.8 Å². The van der Waals surface area contributed by atoms with Crippen LogP contribution in [0.2, 0.25) is 0 Å². The number of aromatic amines is 1. The fourth-order valence-corrected chi connectivity index (χ4v) is 6.89. The van der Waals surface area contributed by atoms with Gasteiger partial charge >= 0.3 is 0 Å². The molecule has 2 saturated heterocycles. The molecule has 0 saturated carbocycles. The molecule has 1 spiro atoms. The van der Waals surface area contributed by atoms with Gasteiger partial charge in [-0.15, -0.1) is 0 Å². The first kappa shape index (κ1) is 28.2. The molecule has 2 amide bonds. The first-order valence-corrected chi connectivity index (χ1v) is 15.6. The van der Waals surface area contributed by atoms with Gasteiger partial charge in [0.05, 0.1) is 0 Å². The monoisotopic (exact) mass is 562 g/mol. The summed E-state index contributed by atoms with van der Waals surface area (Å²) in [6.07, 6.45) is 9.33. The van der Waals surface area contributed by atoms with Crippen molar-refractivity contribution >= 4 is 22.7 Å². The maximum Gasteiger partial charge on any atom is 0.246 e. The Morgan fingerprint density at radius 1 is 0.738 bits per heavy atom. The second kappa shape index (κ2) is 13.0. The lowest BCUT2D eigenvalue weighted by Gasteiger charge is -2.51. The van der Waals surface area contributed by atoms with Gasteiger partial charge in [0.25, 0.3) is 0 Å². The zero-order chi connectivity index (χ0) is 28.8. The van der Waals surface area contributed by atoms with Crippen LogP contribution >= 0.6 is 0 Å². The summed E-state index contributed by atoms with van der Waals surface area (Å²) in [4.78, 5) is 35.8. The summed E-state index contributed by atoms with van der Waals surface area (Å²) in [5, 5.41) is 4.35. The molecule has 2 aliphatic heterocycles. The number of benzene rings is 3. The number of fused-ring (bicyclic) bond motifs is 1. The molecule has 2 aliphatic rings. The number of piperazine rings is 1. The number of likely N-dealkylation sites (tertiary alicyclic amines) is 1. The molecule has 0 bridgehead atoms. The normalized spacial score (nSPS) is 19.0. The van der Waals surface area contributed by atoms with E-state index in [1.807, 2.05) is 53.6 Å². The maximum absolute atomic E-state index is 14.1. The van der Waals surface area contributed by atoms with Gasteiger partial charge in [-0.1, -0.05) is 85.3 Å². The Balaban J connectivity index is 1.11. The highest BCUT2D eigenvalue weighted by Gasteiger charge is 2.53. The Kier molecular flexibility index (Phi) is 8.71. The first-order chi connectivity index (χ1) is 20.6. The highest BCUT2D eigenvalue weighted by Crippen LogP contribution is 2.34. The van der Waals surface area contributed by atoms with Gasteiger partial charge in [-0.2, -0.15) is 0 Å². The van der Waals surface area contributed by atoms with Crippen molar-refractivity contribution in [3.05, 3.63) is 108 Å². The van der Waals surface area contributed by atoms with Gasteiger partial charge in [0.1, 0.15) is 11.6 Å². The van der Waals surface area contributed by atoms with Gasteiger partial charge in [0.2, 0.25) is 11.8 Å². The topological polar surface area (TPSA) is 68.4 Å². The molecule has 3 aromatic carbocycles. The molecule has 42 heavy (non-hydrogen) atoms. The molecule has 1 unspecified atom stereocenters. The molecule has 0 aliphatic carbocycles. The number of aryl methyl sites for hydroxylation is 1. The Morgan fingerprint density at radius 3 is 2.19 bits per heavy atom. The lowest BCUT2D eigenvalue weighted by molar-refractivity contribution is -0.161. The van der Waals surface area contributed by atoms with Gasteiger partial charge in [0.15, 0.2) is 0 Å². The van der Waals surface area contributed by atoms with Crippen LogP contribution in [0.3, 0.4) is 0 Å². The van der Waals surface area contributed by atoms with E-state index in [0.29, 0.717) is 32.2 Å². The van der Waals surface area contributed by atoms with E-state index in [0.717, 1.165) is 43.6 Å². The van der Waals surface area contributed by atoms with Crippen molar-refractivity contribution < 1.29 is 9.59 Å². The van der Waals surface area contributed by atoms with Crippen molar-refractivity contribution in [2.75, 3.05) is 26.2 Å². The van der Waals surface area contributed by atoms with E-state index in [4.69, 9.17) is 0 Å². The Labute approximate surface area is 249 Å². The van der Waals surface area contributed by atoms with Gasteiger partial charge in [-0.25, -0.2) is 0 Å². The lowest BCUT2D eigenvalue weighted by atomic mass is 9.80. The van der Waals surface area contributed by atoms with E-state index in [-0.39, 0.29) is 11.8 Å². The quantitative estimate of drug-likeness (QED) is 0.236. The smallest absolute Gasteiger partial charge is 0.246 e. The maximum atomic E-state index is 14.1. The number of H-pyrrole nitrogens is 1. The van der Waals surface area contributed by atoms with E-state index >= 15 is 0 Å². The standard InChI is InChI=1S/C36H42N4O2/c41-34-33(26-29-15-6-2-7-16-29)38-35(42)36(40(34)23-19-30-27-37-32-18-10-9-17-31(30)32)20-24-39(25-21-36)22-11-3-8-14-28-12-4-1-5-13-28/h1-2,4-7,9-10,12-13,15-18,27,33,37H,3,8,11,14,19-26H2,(H,38,42). The minimum atomic E-state index is -0.778. The van der Waals surface area contributed by atoms with Crippen LogP contribution in [0.4, 0.5) is 0 Å². The molecule has 6 rings (SSSR count). The molecule has 4 aromatic rings. The highest BCUT2D eigenvalue weighted by atomic mass is 16.2. The molecule has 2 N–H and O–H groups in total. The van der Waals surface area contributed by atoms with Gasteiger partial charge in [0, 0.05) is 43.2 Å². The summed E-state index contributed by atoms with van der Waals surface area (Å²) < 4.78 is 0. The second-order valence-corrected chi connectivity index (χ2v) is 12.0. The van der Waals surface area contributed by atoms with E-state index in [1.54, 1.807) is 0 Å². The van der Waals surface area contributed by atoms with Gasteiger partial charge in [-0.3, -0.25) is 9.59 Å². The van der Waals surface area contributed by atoms with Crippen LogP contribution in [0.5, 0.6) is 0 Å². The summed E-state index contributed by atoms with van der Waals surface area (Å²) in [5.74, 6) is 0.0668. The molecule has 2 fully saturated rings. The van der Waals surface area contributed by atoms with Crippen LogP contribution in [-0.2, 0) is 28.9 Å². The lowest BCUT2D eigenvalue weighted by Crippen LogP contribution is -2.73. The summed E-state index contributed by atoms with van der Waals surface area (Å²) in [6, 6.07) is 28.4. The molecular weight excluding hydrogens is 520 g/mol. The molecule has 218 valence electrons. The van der Waals surface area contributed by atoms with Crippen molar-refractivity contribution in [3.63, 3.8) is 0 Å². The molecule has 3 heterocycles. The third-order valence-electron chi connectivity index (χ3n) is 9.34. The summed E-state index contributed by atoms with van der Waals surface area (Å²) in [6.45, 7) is 3.27. The highest BCUT2D eigenvalue weighted by molar-refractivity contribution is 6.00. The van der Waals surface area contributed by atoms with Gasteiger partial charge < -0.3 is 20.1 Å². The van der Waals surface area contributed by atoms with Crippen LogP contribution in [-0.4, -0.2) is 64.4 Å². The molecule has 6 heteroatoms. The number of aromatic nitrogens is 1. The largest absolute Gasteiger partial charge is 0.361 e. The second-order valence-electron chi connectivity index (χ2n) is 12.0.